The molecule has 0 fully saturated rings. The standard InChI is InChI=1S/C17H21N3O/c1-4-20(12-14-7-9-19-10-8-14)17(21)15-6-5-13(2)11-16(15)18-3/h5-11,18H,4,12H2,1-3H3. The number of nitrogens with zero attached hydrogens (tertiary/aromatic N) is 2. The van der Waals surface area contributed by atoms with Crippen molar-refractivity contribution in [2.45, 2.75) is 20.4 Å². The Morgan fingerprint density at radius 3 is 2.57 bits per heavy atom. The normalized spacial score (nSPS) is 10.2. The molecule has 1 amide bonds. The van der Waals surface area contributed by atoms with E-state index in [0.717, 1.165) is 16.8 Å². The van der Waals surface area contributed by atoms with Gasteiger partial charge in [0.25, 0.3) is 5.91 Å². The molecule has 0 bridgehead atoms. The van der Waals surface area contributed by atoms with E-state index in [4.69, 9.17) is 0 Å². The number of carbonyl (C=O) groups excluding carboxylic acids is 1. The van der Waals surface area contributed by atoms with Gasteiger partial charge in [-0.2, -0.15) is 0 Å². The fourth-order valence-electron chi connectivity index (χ4n) is 2.26. The van der Waals surface area contributed by atoms with Crippen molar-refractivity contribution in [3.8, 4) is 0 Å². The van der Waals surface area contributed by atoms with Gasteiger partial charge in [-0.25, -0.2) is 0 Å². The summed E-state index contributed by atoms with van der Waals surface area (Å²) < 4.78 is 0. The minimum atomic E-state index is 0.0404. The van der Waals surface area contributed by atoms with Crippen LogP contribution in [0.25, 0.3) is 0 Å². The fourth-order valence-corrected chi connectivity index (χ4v) is 2.26. The van der Waals surface area contributed by atoms with Crippen LogP contribution < -0.4 is 5.32 Å². The number of aromatic nitrogens is 1. The second-order valence-electron chi connectivity index (χ2n) is 4.97. The van der Waals surface area contributed by atoms with Crippen LogP contribution in [0.1, 0.15) is 28.4 Å². The number of nitrogens with one attached hydrogen (secondary N) is 1. The number of amides is 1. The van der Waals surface area contributed by atoms with Gasteiger partial charge in [0, 0.05) is 38.2 Å². The van der Waals surface area contributed by atoms with E-state index in [-0.39, 0.29) is 5.91 Å². The van der Waals surface area contributed by atoms with Gasteiger partial charge in [-0.3, -0.25) is 9.78 Å². The lowest BCUT2D eigenvalue weighted by molar-refractivity contribution is 0.0753. The zero-order valence-electron chi connectivity index (χ0n) is 12.8. The van der Waals surface area contributed by atoms with E-state index in [0.29, 0.717) is 18.7 Å². The second kappa shape index (κ2) is 6.88. The molecule has 0 radical (unpaired) electrons. The largest absolute Gasteiger partial charge is 0.387 e. The molecule has 110 valence electrons. The summed E-state index contributed by atoms with van der Waals surface area (Å²) in [6.07, 6.45) is 3.50. The van der Waals surface area contributed by atoms with Gasteiger partial charge in [0.05, 0.1) is 5.56 Å². The molecule has 4 heteroatoms. The molecule has 21 heavy (non-hydrogen) atoms. The summed E-state index contributed by atoms with van der Waals surface area (Å²) in [5, 5.41) is 3.10. The zero-order valence-corrected chi connectivity index (χ0v) is 12.8. The van der Waals surface area contributed by atoms with Gasteiger partial charge < -0.3 is 10.2 Å². The minimum absolute atomic E-state index is 0.0404. The van der Waals surface area contributed by atoms with Gasteiger partial charge in [0.15, 0.2) is 0 Å². The molecule has 0 aliphatic heterocycles. The average Bonchev–Trinajstić information content (AvgIpc) is 2.52. The van der Waals surface area contributed by atoms with Crippen LogP contribution >= 0.6 is 0 Å². The highest BCUT2D eigenvalue weighted by Crippen LogP contribution is 2.20. The Morgan fingerprint density at radius 2 is 1.95 bits per heavy atom. The van der Waals surface area contributed by atoms with E-state index in [1.54, 1.807) is 12.4 Å². The summed E-state index contributed by atoms with van der Waals surface area (Å²) in [7, 11) is 1.84. The molecule has 2 rings (SSSR count). The van der Waals surface area contributed by atoms with Gasteiger partial charge in [0.1, 0.15) is 0 Å². The topological polar surface area (TPSA) is 45.2 Å². The summed E-state index contributed by atoms with van der Waals surface area (Å²) in [6.45, 7) is 5.27. The summed E-state index contributed by atoms with van der Waals surface area (Å²) in [4.78, 5) is 18.6. The number of aryl methyl sites for hydroxylation is 1. The summed E-state index contributed by atoms with van der Waals surface area (Å²) >= 11 is 0. The lowest BCUT2D eigenvalue weighted by Crippen LogP contribution is -2.30. The van der Waals surface area contributed by atoms with Gasteiger partial charge >= 0.3 is 0 Å². The van der Waals surface area contributed by atoms with Crippen LogP contribution in [0.2, 0.25) is 0 Å². The molecule has 1 aromatic heterocycles. The molecule has 0 spiro atoms. The van der Waals surface area contributed by atoms with Crippen molar-refractivity contribution < 1.29 is 4.79 Å². The van der Waals surface area contributed by atoms with E-state index < -0.39 is 0 Å². The van der Waals surface area contributed by atoms with Crippen molar-refractivity contribution in [2.75, 3.05) is 18.9 Å². The number of hydrogen-bond acceptors (Lipinski definition) is 3. The van der Waals surface area contributed by atoms with Crippen LogP contribution in [-0.4, -0.2) is 29.4 Å². The first-order valence-corrected chi connectivity index (χ1v) is 7.12. The van der Waals surface area contributed by atoms with Crippen LogP contribution in [0, 0.1) is 6.92 Å². The molecule has 1 heterocycles. The first-order valence-electron chi connectivity index (χ1n) is 7.12. The highest BCUT2D eigenvalue weighted by Gasteiger charge is 2.17. The van der Waals surface area contributed by atoms with E-state index in [1.165, 1.54) is 0 Å². The average molecular weight is 283 g/mol. The maximum Gasteiger partial charge on any atom is 0.256 e. The molecule has 0 saturated heterocycles. The monoisotopic (exact) mass is 283 g/mol. The summed E-state index contributed by atoms with van der Waals surface area (Å²) in [5.74, 6) is 0.0404. The Bertz CT molecular complexity index is 611. The molecule has 1 aromatic carbocycles. The van der Waals surface area contributed by atoms with Crippen LogP contribution in [0.15, 0.2) is 42.7 Å². The lowest BCUT2D eigenvalue weighted by atomic mass is 10.1. The van der Waals surface area contributed by atoms with E-state index in [2.05, 4.69) is 10.3 Å². The van der Waals surface area contributed by atoms with Crippen molar-refractivity contribution in [3.63, 3.8) is 0 Å². The Labute approximate surface area is 125 Å². The molecule has 0 saturated carbocycles. The van der Waals surface area contributed by atoms with Gasteiger partial charge in [0.2, 0.25) is 0 Å². The first-order chi connectivity index (χ1) is 10.2. The Morgan fingerprint density at radius 1 is 1.24 bits per heavy atom. The number of anilines is 1. The smallest absolute Gasteiger partial charge is 0.256 e. The van der Waals surface area contributed by atoms with Gasteiger partial charge in [-0.05, 0) is 49.2 Å². The van der Waals surface area contributed by atoms with Crippen LogP contribution in [0.3, 0.4) is 0 Å². The van der Waals surface area contributed by atoms with Crippen LogP contribution in [0.4, 0.5) is 5.69 Å². The third-order valence-corrected chi connectivity index (χ3v) is 3.47. The molecular weight excluding hydrogens is 262 g/mol. The summed E-state index contributed by atoms with van der Waals surface area (Å²) in [5.41, 5.74) is 3.79. The number of carbonyl (C=O) groups is 1. The molecule has 0 aliphatic carbocycles. The van der Waals surface area contributed by atoms with E-state index >= 15 is 0 Å². The zero-order chi connectivity index (χ0) is 15.2. The molecule has 2 aromatic rings. The number of benzene rings is 1. The van der Waals surface area contributed by atoms with Crippen molar-refractivity contribution >= 4 is 11.6 Å². The van der Waals surface area contributed by atoms with E-state index in [9.17, 15) is 4.79 Å². The Kier molecular flexibility index (Phi) is 4.93. The van der Waals surface area contributed by atoms with Crippen molar-refractivity contribution in [3.05, 3.63) is 59.4 Å². The molecule has 1 N–H and O–H groups in total. The maximum atomic E-state index is 12.7. The quantitative estimate of drug-likeness (QED) is 0.917. The predicted octanol–water partition coefficient (Wildman–Crippen LogP) is 3.09. The highest BCUT2D eigenvalue weighted by molar-refractivity contribution is 5.99. The molecular formula is C17H21N3O. The highest BCUT2D eigenvalue weighted by atomic mass is 16.2. The van der Waals surface area contributed by atoms with Crippen molar-refractivity contribution in [1.82, 2.24) is 9.88 Å². The van der Waals surface area contributed by atoms with E-state index in [1.807, 2.05) is 56.1 Å². The first kappa shape index (κ1) is 15.0. The summed E-state index contributed by atoms with van der Waals surface area (Å²) in [6, 6.07) is 9.72. The van der Waals surface area contributed by atoms with Crippen LogP contribution in [0.5, 0.6) is 0 Å². The van der Waals surface area contributed by atoms with Gasteiger partial charge in [-0.15, -0.1) is 0 Å². The number of hydrogen-bond donors (Lipinski definition) is 1. The van der Waals surface area contributed by atoms with Gasteiger partial charge in [-0.1, -0.05) is 6.07 Å². The maximum absolute atomic E-state index is 12.7. The lowest BCUT2D eigenvalue weighted by Gasteiger charge is -2.22. The Hall–Kier alpha value is -2.36. The molecule has 0 atom stereocenters. The molecule has 0 unspecified atom stereocenters. The minimum Gasteiger partial charge on any atom is -0.387 e. The third kappa shape index (κ3) is 3.60. The molecule has 4 nitrogen and oxygen atoms in total. The Balaban J connectivity index is 2.24. The second-order valence-corrected chi connectivity index (χ2v) is 4.97. The molecule has 0 aliphatic rings. The van der Waals surface area contributed by atoms with Crippen molar-refractivity contribution in [2.24, 2.45) is 0 Å². The fraction of sp³-hybridized carbons (Fsp3) is 0.294. The van der Waals surface area contributed by atoms with Crippen LogP contribution in [-0.2, 0) is 6.54 Å². The SMILES string of the molecule is CCN(Cc1ccncc1)C(=O)c1ccc(C)cc1NC. The third-order valence-electron chi connectivity index (χ3n) is 3.47. The predicted molar refractivity (Wildman–Crippen MR) is 85.4 cm³/mol. The number of rotatable bonds is 5. The van der Waals surface area contributed by atoms with Crippen molar-refractivity contribution in [1.29, 1.82) is 0 Å². The number of pyridine rings is 1.